The van der Waals surface area contributed by atoms with Gasteiger partial charge in [0.05, 0.1) is 6.61 Å². The van der Waals surface area contributed by atoms with Gasteiger partial charge in [-0.15, -0.1) is 0 Å². The highest BCUT2D eigenvalue weighted by Gasteiger charge is 2.06. The molecule has 4 nitrogen and oxygen atoms in total. The number of hydrogen-bond donors (Lipinski definition) is 2. The lowest BCUT2D eigenvalue weighted by Crippen LogP contribution is -2.14. The number of nitrogens with zero attached hydrogens (tertiary/aromatic N) is 1. The first-order valence-electron chi connectivity index (χ1n) is 6.05. The second-order valence-corrected chi connectivity index (χ2v) is 5.58. The van der Waals surface area contributed by atoms with Crippen LogP contribution < -0.4 is 5.32 Å². The number of anilines is 1. The van der Waals surface area contributed by atoms with E-state index in [1.165, 1.54) is 0 Å². The Balaban J connectivity index is 2.51. The van der Waals surface area contributed by atoms with Crippen LogP contribution in [0.5, 0.6) is 0 Å². The standard InChI is InChI=1S/C13H20N2O2S/c1-10(2)7-13(17)15-12-8-11(3-4-14-12)9-18-6-5-16/h3-4,8,10,16H,5-7,9H2,1-2H3,(H,14,15,17). The Kier molecular flexibility index (Phi) is 6.75. The fourth-order valence-electron chi connectivity index (χ4n) is 1.45. The molecule has 5 heteroatoms. The number of thioether (sulfide) groups is 1. The molecule has 0 saturated heterocycles. The first kappa shape index (κ1) is 15.0. The molecule has 0 saturated carbocycles. The molecule has 18 heavy (non-hydrogen) atoms. The molecule has 0 unspecified atom stereocenters. The average molecular weight is 268 g/mol. The number of rotatable bonds is 7. The molecule has 1 heterocycles. The van der Waals surface area contributed by atoms with Crippen LogP contribution in [0.1, 0.15) is 25.8 Å². The zero-order valence-electron chi connectivity index (χ0n) is 10.8. The van der Waals surface area contributed by atoms with Crippen molar-refractivity contribution in [3.05, 3.63) is 23.9 Å². The van der Waals surface area contributed by atoms with Crippen LogP contribution >= 0.6 is 11.8 Å². The summed E-state index contributed by atoms with van der Waals surface area (Å²) in [6.07, 6.45) is 2.20. The van der Waals surface area contributed by atoms with Crippen LogP contribution in [0.2, 0.25) is 0 Å². The SMILES string of the molecule is CC(C)CC(=O)Nc1cc(CSCCO)ccn1. The van der Waals surface area contributed by atoms with Gasteiger partial charge in [0, 0.05) is 24.1 Å². The molecule has 1 aromatic rings. The average Bonchev–Trinajstić information content (AvgIpc) is 2.28. The number of pyridine rings is 1. The highest BCUT2D eigenvalue weighted by atomic mass is 32.2. The minimum atomic E-state index is -0.00217. The Morgan fingerprint density at radius 1 is 1.56 bits per heavy atom. The third kappa shape index (κ3) is 6.02. The molecule has 1 aromatic heterocycles. The molecule has 100 valence electrons. The van der Waals surface area contributed by atoms with Crippen LogP contribution in [0.15, 0.2) is 18.3 Å². The monoisotopic (exact) mass is 268 g/mol. The van der Waals surface area contributed by atoms with Gasteiger partial charge in [-0.3, -0.25) is 4.79 Å². The predicted molar refractivity (Wildman–Crippen MR) is 75.6 cm³/mol. The summed E-state index contributed by atoms with van der Waals surface area (Å²) in [5.74, 6) is 2.47. The number of hydrogen-bond acceptors (Lipinski definition) is 4. The number of aromatic nitrogens is 1. The Morgan fingerprint density at radius 2 is 2.33 bits per heavy atom. The number of nitrogens with one attached hydrogen (secondary N) is 1. The van der Waals surface area contributed by atoms with Crippen LogP contribution in [0, 0.1) is 5.92 Å². The molecule has 0 fully saturated rings. The first-order valence-corrected chi connectivity index (χ1v) is 7.20. The van der Waals surface area contributed by atoms with Gasteiger partial charge in [-0.1, -0.05) is 13.8 Å². The van der Waals surface area contributed by atoms with Crippen LogP contribution in [0.25, 0.3) is 0 Å². The Hall–Kier alpha value is -1.07. The van der Waals surface area contributed by atoms with E-state index in [9.17, 15) is 4.79 Å². The summed E-state index contributed by atoms with van der Waals surface area (Å²) in [5.41, 5.74) is 1.10. The van der Waals surface area contributed by atoms with Gasteiger partial charge in [0.25, 0.3) is 0 Å². The molecular formula is C13H20N2O2S. The fourth-order valence-corrected chi connectivity index (χ4v) is 2.14. The van der Waals surface area contributed by atoms with Crippen molar-refractivity contribution in [3.63, 3.8) is 0 Å². The van der Waals surface area contributed by atoms with E-state index in [-0.39, 0.29) is 12.5 Å². The minimum Gasteiger partial charge on any atom is -0.396 e. The zero-order chi connectivity index (χ0) is 13.4. The third-order valence-corrected chi connectivity index (χ3v) is 3.20. The minimum absolute atomic E-state index is 0.00217. The van der Waals surface area contributed by atoms with Gasteiger partial charge < -0.3 is 10.4 Å². The highest BCUT2D eigenvalue weighted by molar-refractivity contribution is 7.98. The molecule has 2 N–H and O–H groups in total. The molecule has 0 aliphatic rings. The number of aliphatic hydroxyl groups is 1. The van der Waals surface area contributed by atoms with E-state index in [0.717, 1.165) is 17.1 Å². The maximum absolute atomic E-state index is 11.6. The molecule has 0 atom stereocenters. The molecular weight excluding hydrogens is 248 g/mol. The third-order valence-electron chi connectivity index (χ3n) is 2.19. The largest absolute Gasteiger partial charge is 0.396 e. The predicted octanol–water partition coefficient (Wildman–Crippen LogP) is 2.29. The fraction of sp³-hybridized carbons (Fsp3) is 0.538. The maximum Gasteiger partial charge on any atom is 0.225 e. The van der Waals surface area contributed by atoms with Crippen molar-refractivity contribution in [1.82, 2.24) is 4.98 Å². The smallest absolute Gasteiger partial charge is 0.225 e. The van der Waals surface area contributed by atoms with Gasteiger partial charge in [0.15, 0.2) is 0 Å². The summed E-state index contributed by atoms with van der Waals surface area (Å²) in [4.78, 5) is 15.7. The van der Waals surface area contributed by atoms with E-state index < -0.39 is 0 Å². The molecule has 1 amide bonds. The maximum atomic E-state index is 11.6. The molecule has 0 radical (unpaired) electrons. The van der Waals surface area contributed by atoms with Crippen molar-refractivity contribution in [2.24, 2.45) is 5.92 Å². The number of carbonyl (C=O) groups is 1. The summed E-state index contributed by atoms with van der Waals surface area (Å²) < 4.78 is 0. The Labute approximate surface area is 112 Å². The molecule has 0 bridgehead atoms. The van der Waals surface area contributed by atoms with Crippen molar-refractivity contribution >= 4 is 23.5 Å². The normalized spacial score (nSPS) is 10.7. The summed E-state index contributed by atoms with van der Waals surface area (Å²) in [5, 5.41) is 11.5. The van der Waals surface area contributed by atoms with Crippen molar-refractivity contribution < 1.29 is 9.90 Å². The van der Waals surface area contributed by atoms with Crippen LogP contribution in [-0.2, 0) is 10.5 Å². The van der Waals surface area contributed by atoms with Gasteiger partial charge in [-0.05, 0) is 23.6 Å². The van der Waals surface area contributed by atoms with Crippen LogP contribution in [0.3, 0.4) is 0 Å². The van der Waals surface area contributed by atoms with Crippen LogP contribution in [-0.4, -0.2) is 28.4 Å². The quantitative estimate of drug-likeness (QED) is 0.745. The van der Waals surface area contributed by atoms with Gasteiger partial charge >= 0.3 is 0 Å². The second-order valence-electron chi connectivity index (χ2n) is 4.47. The van der Waals surface area contributed by atoms with Crippen molar-refractivity contribution in [3.8, 4) is 0 Å². The molecule has 0 aliphatic heterocycles. The second kappa shape index (κ2) is 8.11. The summed E-state index contributed by atoms with van der Waals surface area (Å²) >= 11 is 1.65. The van der Waals surface area contributed by atoms with E-state index in [2.05, 4.69) is 10.3 Å². The van der Waals surface area contributed by atoms with E-state index in [0.29, 0.717) is 18.2 Å². The van der Waals surface area contributed by atoms with Crippen molar-refractivity contribution in [2.45, 2.75) is 26.0 Å². The van der Waals surface area contributed by atoms with Crippen molar-refractivity contribution in [1.29, 1.82) is 0 Å². The van der Waals surface area contributed by atoms with E-state index in [4.69, 9.17) is 5.11 Å². The summed E-state index contributed by atoms with van der Waals surface area (Å²) in [6.45, 7) is 4.21. The van der Waals surface area contributed by atoms with E-state index >= 15 is 0 Å². The molecule has 0 aromatic carbocycles. The van der Waals surface area contributed by atoms with Gasteiger partial charge in [-0.25, -0.2) is 4.98 Å². The summed E-state index contributed by atoms with van der Waals surface area (Å²) in [6, 6.07) is 3.80. The lowest BCUT2D eigenvalue weighted by Gasteiger charge is -2.07. The first-order chi connectivity index (χ1) is 8.61. The number of carbonyl (C=O) groups excluding carboxylic acids is 1. The number of aliphatic hydroxyl groups excluding tert-OH is 1. The topological polar surface area (TPSA) is 62.2 Å². The molecule has 0 aliphatic carbocycles. The molecule has 0 spiro atoms. The van der Waals surface area contributed by atoms with Crippen molar-refractivity contribution in [2.75, 3.05) is 17.7 Å². The lowest BCUT2D eigenvalue weighted by molar-refractivity contribution is -0.116. The van der Waals surface area contributed by atoms with E-state index in [1.807, 2.05) is 26.0 Å². The Bertz CT molecular complexity index is 383. The molecule has 1 rings (SSSR count). The van der Waals surface area contributed by atoms with Crippen LogP contribution in [0.4, 0.5) is 5.82 Å². The van der Waals surface area contributed by atoms with Gasteiger partial charge in [-0.2, -0.15) is 11.8 Å². The summed E-state index contributed by atoms with van der Waals surface area (Å²) in [7, 11) is 0. The Morgan fingerprint density at radius 3 is 3.00 bits per heavy atom. The van der Waals surface area contributed by atoms with E-state index in [1.54, 1.807) is 18.0 Å². The zero-order valence-corrected chi connectivity index (χ0v) is 11.7. The number of amides is 1. The lowest BCUT2D eigenvalue weighted by atomic mass is 10.1. The van der Waals surface area contributed by atoms with Gasteiger partial charge in [0.2, 0.25) is 5.91 Å². The van der Waals surface area contributed by atoms with Gasteiger partial charge in [0.1, 0.15) is 5.82 Å². The highest BCUT2D eigenvalue weighted by Crippen LogP contribution is 2.14.